The summed E-state index contributed by atoms with van der Waals surface area (Å²) >= 11 is 0. The molecular weight excluding hydrogens is 486 g/mol. The van der Waals surface area contributed by atoms with E-state index in [0.29, 0.717) is 24.2 Å². The van der Waals surface area contributed by atoms with Gasteiger partial charge in [0.1, 0.15) is 5.65 Å². The number of rotatable bonds is 7. The standard InChI is InChI=1S/C27H33N7O2S/c1-19-15-23(9-10-24(19)33-14-12-28-20(2)17-33)30-27-29-16-21-11-13-34(26(21)31-27)18-22-7-5-6-8-25(22)32(3)37(4,35)36/h5-11,13,15-16,20,28H,12,14,17-18H2,1-4H3,(H,29,30,31). The Morgan fingerprint density at radius 3 is 2.76 bits per heavy atom. The summed E-state index contributed by atoms with van der Waals surface area (Å²) in [5, 5.41) is 7.76. The zero-order chi connectivity index (χ0) is 26.2. The second-order valence-corrected chi connectivity index (χ2v) is 11.7. The van der Waals surface area contributed by atoms with Crippen molar-refractivity contribution >= 4 is 44.1 Å². The molecule has 5 rings (SSSR count). The van der Waals surface area contributed by atoms with Crippen molar-refractivity contribution in [3.05, 3.63) is 72.1 Å². The Morgan fingerprint density at radius 2 is 2.00 bits per heavy atom. The molecule has 0 spiro atoms. The van der Waals surface area contributed by atoms with E-state index in [-0.39, 0.29) is 0 Å². The Balaban J connectivity index is 1.39. The van der Waals surface area contributed by atoms with Gasteiger partial charge in [-0.15, -0.1) is 0 Å². The number of sulfonamides is 1. The average molecular weight is 520 g/mol. The van der Waals surface area contributed by atoms with Crippen LogP contribution in [0, 0.1) is 6.92 Å². The van der Waals surface area contributed by atoms with E-state index in [1.165, 1.54) is 21.8 Å². The first-order valence-corrected chi connectivity index (χ1v) is 14.2. The first-order chi connectivity index (χ1) is 17.7. The molecule has 37 heavy (non-hydrogen) atoms. The third-order valence-corrected chi connectivity index (χ3v) is 8.03. The van der Waals surface area contributed by atoms with Crippen LogP contribution in [0.2, 0.25) is 0 Å². The van der Waals surface area contributed by atoms with Crippen molar-refractivity contribution in [2.45, 2.75) is 26.4 Å². The molecule has 1 saturated heterocycles. The first kappa shape index (κ1) is 25.0. The summed E-state index contributed by atoms with van der Waals surface area (Å²) in [4.78, 5) is 11.7. The van der Waals surface area contributed by atoms with Gasteiger partial charge in [-0.1, -0.05) is 18.2 Å². The summed E-state index contributed by atoms with van der Waals surface area (Å²) in [5.74, 6) is 0.511. The van der Waals surface area contributed by atoms with Gasteiger partial charge in [0.2, 0.25) is 16.0 Å². The maximum Gasteiger partial charge on any atom is 0.232 e. The molecular formula is C27H33N7O2S. The number of hydrogen-bond acceptors (Lipinski definition) is 7. The molecule has 1 atom stereocenters. The van der Waals surface area contributed by atoms with Gasteiger partial charge >= 0.3 is 0 Å². The first-order valence-electron chi connectivity index (χ1n) is 12.4. The van der Waals surface area contributed by atoms with Gasteiger partial charge in [0, 0.05) is 61.9 Å². The Hall–Kier alpha value is -3.63. The number of aryl methyl sites for hydroxylation is 1. The molecule has 10 heteroatoms. The predicted molar refractivity (Wildman–Crippen MR) is 150 cm³/mol. The smallest absolute Gasteiger partial charge is 0.232 e. The monoisotopic (exact) mass is 519 g/mol. The fraction of sp³-hybridized carbons (Fsp3) is 0.333. The third-order valence-electron chi connectivity index (χ3n) is 6.83. The highest BCUT2D eigenvalue weighted by molar-refractivity contribution is 7.92. The van der Waals surface area contributed by atoms with E-state index >= 15 is 0 Å². The van der Waals surface area contributed by atoms with E-state index in [1.54, 1.807) is 13.2 Å². The van der Waals surface area contributed by atoms with Gasteiger partial charge in [0.05, 0.1) is 18.5 Å². The molecule has 0 saturated carbocycles. The van der Waals surface area contributed by atoms with Crippen LogP contribution in [0.15, 0.2) is 60.9 Å². The highest BCUT2D eigenvalue weighted by Gasteiger charge is 2.18. The SMILES string of the molecule is Cc1cc(Nc2ncc3ccn(Cc4ccccc4N(C)S(C)(=O)=O)c3n2)ccc1N1CCNC(C)C1. The number of aromatic nitrogens is 3. The van der Waals surface area contributed by atoms with Gasteiger partial charge in [-0.25, -0.2) is 13.4 Å². The zero-order valence-electron chi connectivity index (χ0n) is 21.6. The Morgan fingerprint density at radius 1 is 1.19 bits per heavy atom. The van der Waals surface area contributed by atoms with Crippen LogP contribution in [-0.4, -0.2) is 61.9 Å². The van der Waals surface area contributed by atoms with Crippen molar-refractivity contribution < 1.29 is 8.42 Å². The van der Waals surface area contributed by atoms with Crippen molar-refractivity contribution in [3.63, 3.8) is 0 Å². The Labute approximate surface area is 218 Å². The summed E-state index contributed by atoms with van der Waals surface area (Å²) in [5.41, 5.74) is 5.69. The van der Waals surface area contributed by atoms with E-state index in [2.05, 4.69) is 52.6 Å². The van der Waals surface area contributed by atoms with E-state index in [4.69, 9.17) is 4.98 Å². The van der Waals surface area contributed by atoms with Gasteiger partial charge in [0.25, 0.3) is 0 Å². The van der Waals surface area contributed by atoms with Crippen LogP contribution >= 0.6 is 0 Å². The van der Waals surface area contributed by atoms with Gasteiger partial charge in [-0.2, -0.15) is 4.98 Å². The van der Waals surface area contributed by atoms with Gasteiger partial charge in [-0.3, -0.25) is 4.31 Å². The lowest BCUT2D eigenvalue weighted by Crippen LogP contribution is -2.49. The molecule has 1 fully saturated rings. The average Bonchev–Trinajstić information content (AvgIpc) is 3.25. The van der Waals surface area contributed by atoms with Crippen LogP contribution in [0.25, 0.3) is 11.0 Å². The molecule has 194 valence electrons. The lowest BCUT2D eigenvalue weighted by Gasteiger charge is -2.34. The molecule has 0 radical (unpaired) electrons. The van der Waals surface area contributed by atoms with Crippen LogP contribution in [0.1, 0.15) is 18.1 Å². The van der Waals surface area contributed by atoms with Crippen LogP contribution in [0.5, 0.6) is 0 Å². The summed E-state index contributed by atoms with van der Waals surface area (Å²) < 4.78 is 27.6. The number of nitrogens with zero attached hydrogens (tertiary/aromatic N) is 5. The number of anilines is 4. The van der Waals surface area contributed by atoms with Crippen molar-refractivity contribution in [1.29, 1.82) is 0 Å². The van der Waals surface area contributed by atoms with E-state index in [9.17, 15) is 8.42 Å². The summed E-state index contributed by atoms with van der Waals surface area (Å²) in [6.45, 7) is 7.80. The maximum absolute atomic E-state index is 12.2. The minimum atomic E-state index is -3.38. The molecule has 2 aromatic carbocycles. The molecule has 4 aromatic rings. The number of hydrogen-bond donors (Lipinski definition) is 2. The van der Waals surface area contributed by atoms with Crippen LogP contribution < -0.4 is 19.8 Å². The lowest BCUT2D eigenvalue weighted by atomic mass is 10.1. The van der Waals surface area contributed by atoms with Crippen molar-refractivity contribution in [2.75, 3.05) is 47.5 Å². The highest BCUT2D eigenvalue weighted by atomic mass is 32.2. The van der Waals surface area contributed by atoms with Gasteiger partial charge < -0.3 is 20.1 Å². The molecule has 2 N–H and O–H groups in total. The minimum Gasteiger partial charge on any atom is -0.368 e. The van der Waals surface area contributed by atoms with E-state index < -0.39 is 10.0 Å². The number of nitrogens with one attached hydrogen (secondary N) is 2. The third kappa shape index (κ3) is 5.40. The molecule has 3 heterocycles. The molecule has 1 unspecified atom stereocenters. The van der Waals surface area contributed by atoms with Crippen molar-refractivity contribution in [3.8, 4) is 0 Å². The quantitative estimate of drug-likeness (QED) is 0.384. The fourth-order valence-electron chi connectivity index (χ4n) is 4.84. The molecule has 0 bridgehead atoms. The number of piperazine rings is 1. The van der Waals surface area contributed by atoms with Crippen LogP contribution in [-0.2, 0) is 16.6 Å². The molecule has 2 aromatic heterocycles. The zero-order valence-corrected chi connectivity index (χ0v) is 22.5. The van der Waals surface area contributed by atoms with Crippen molar-refractivity contribution in [1.82, 2.24) is 19.9 Å². The van der Waals surface area contributed by atoms with Crippen LogP contribution in [0.3, 0.4) is 0 Å². The van der Waals surface area contributed by atoms with E-state index in [0.717, 1.165) is 41.9 Å². The fourth-order valence-corrected chi connectivity index (χ4v) is 5.38. The minimum absolute atomic E-state index is 0.473. The number of para-hydroxylation sites is 1. The Bertz CT molecular complexity index is 1530. The molecule has 9 nitrogen and oxygen atoms in total. The predicted octanol–water partition coefficient (Wildman–Crippen LogP) is 3.73. The lowest BCUT2D eigenvalue weighted by molar-refractivity contribution is 0.484. The summed E-state index contributed by atoms with van der Waals surface area (Å²) in [6.07, 6.45) is 4.96. The second kappa shape index (κ2) is 10.0. The van der Waals surface area contributed by atoms with Crippen LogP contribution in [0.4, 0.5) is 23.0 Å². The largest absolute Gasteiger partial charge is 0.368 e. The van der Waals surface area contributed by atoms with Gasteiger partial charge in [-0.05, 0) is 55.3 Å². The molecule has 0 amide bonds. The Kier molecular flexibility index (Phi) is 6.78. The molecule has 0 aliphatic carbocycles. The summed E-state index contributed by atoms with van der Waals surface area (Å²) in [7, 11) is -1.80. The van der Waals surface area contributed by atoms with Gasteiger partial charge in [0.15, 0.2) is 0 Å². The maximum atomic E-state index is 12.2. The number of fused-ring (bicyclic) bond motifs is 1. The van der Waals surface area contributed by atoms with Crippen molar-refractivity contribution in [2.24, 2.45) is 0 Å². The molecule has 1 aliphatic rings. The highest BCUT2D eigenvalue weighted by Crippen LogP contribution is 2.27. The summed E-state index contributed by atoms with van der Waals surface area (Å²) in [6, 6.07) is 16.3. The normalized spacial score (nSPS) is 16.2. The number of benzene rings is 2. The molecule has 1 aliphatic heterocycles. The second-order valence-electron chi connectivity index (χ2n) is 9.70. The topological polar surface area (TPSA) is 95.4 Å². The van der Waals surface area contributed by atoms with E-state index in [1.807, 2.05) is 41.1 Å².